The van der Waals surface area contributed by atoms with Crippen molar-refractivity contribution in [2.24, 2.45) is 5.73 Å². The van der Waals surface area contributed by atoms with Crippen molar-refractivity contribution in [1.82, 2.24) is 19.9 Å². The van der Waals surface area contributed by atoms with Gasteiger partial charge in [-0.25, -0.2) is 14.9 Å². The number of nitrogens with two attached hydrogens (primary N) is 1. The summed E-state index contributed by atoms with van der Waals surface area (Å²) in [6.07, 6.45) is 1.25. The second-order valence-corrected chi connectivity index (χ2v) is 7.39. The highest BCUT2D eigenvalue weighted by molar-refractivity contribution is 9.10. The summed E-state index contributed by atoms with van der Waals surface area (Å²) in [6, 6.07) is 10.9. The van der Waals surface area contributed by atoms with E-state index < -0.39 is 11.8 Å². The number of nitrogens with zero attached hydrogens (tertiary/aromatic N) is 3. The highest BCUT2D eigenvalue weighted by atomic mass is 79.9. The number of fused-ring (bicyclic) bond motifs is 1. The summed E-state index contributed by atoms with van der Waals surface area (Å²) in [7, 11) is 1.55. The molecule has 2 amide bonds. The van der Waals surface area contributed by atoms with Crippen molar-refractivity contribution in [1.29, 1.82) is 0 Å². The zero-order chi connectivity index (χ0) is 21.4. The number of H-pyrrole nitrogens is 2. The van der Waals surface area contributed by atoms with Gasteiger partial charge in [0.1, 0.15) is 17.0 Å². The lowest BCUT2D eigenvalue weighted by Crippen LogP contribution is -2.30. The first kappa shape index (κ1) is 19.6. The van der Waals surface area contributed by atoms with E-state index in [1.165, 1.54) is 11.2 Å². The largest absolute Gasteiger partial charge is 0.494 e. The molecule has 4 aromatic rings. The Balaban J connectivity index is 1.95. The van der Waals surface area contributed by atoms with Crippen LogP contribution in [0.2, 0.25) is 0 Å². The molecule has 0 fully saturated rings. The van der Waals surface area contributed by atoms with Crippen LogP contribution in [0.15, 0.2) is 47.2 Å². The minimum absolute atomic E-state index is 0.0775. The molecule has 2 aromatic carbocycles. The molecule has 9 nitrogen and oxygen atoms in total. The molecule has 0 radical (unpaired) electrons. The van der Waals surface area contributed by atoms with E-state index in [0.29, 0.717) is 22.5 Å². The van der Waals surface area contributed by atoms with Gasteiger partial charge in [0.2, 0.25) is 5.95 Å². The van der Waals surface area contributed by atoms with Gasteiger partial charge in [-0.3, -0.25) is 9.59 Å². The number of amides is 2. The fourth-order valence-electron chi connectivity index (χ4n) is 3.16. The molecule has 0 aliphatic carbocycles. The zero-order valence-electron chi connectivity index (χ0n) is 16.1. The fourth-order valence-corrected chi connectivity index (χ4v) is 3.51. The van der Waals surface area contributed by atoms with Crippen LogP contribution in [0.1, 0.15) is 26.5 Å². The number of halogens is 1. The number of nitrogens with one attached hydrogen (secondary N) is 2. The van der Waals surface area contributed by atoms with Gasteiger partial charge in [-0.15, -0.1) is 0 Å². The number of hydrogen-bond donors (Lipinski definition) is 3. The summed E-state index contributed by atoms with van der Waals surface area (Å²) in [5.41, 5.74) is 7.85. The number of para-hydroxylation sites is 1. The van der Waals surface area contributed by atoms with E-state index in [1.807, 2.05) is 31.2 Å². The quantitative estimate of drug-likeness (QED) is 0.412. The third-order valence-corrected chi connectivity index (χ3v) is 5.09. The van der Waals surface area contributed by atoms with E-state index >= 15 is 0 Å². The van der Waals surface area contributed by atoms with Crippen LogP contribution in [0, 0.1) is 6.92 Å². The van der Waals surface area contributed by atoms with Gasteiger partial charge >= 0.3 is 0 Å². The van der Waals surface area contributed by atoms with Crippen LogP contribution in [0.4, 0.5) is 11.6 Å². The lowest BCUT2D eigenvalue weighted by molar-refractivity contribution is 0.0961. The Hall–Kier alpha value is -3.66. The summed E-state index contributed by atoms with van der Waals surface area (Å²) in [6.45, 7) is 1.87. The van der Waals surface area contributed by atoms with Crippen LogP contribution in [0.5, 0.6) is 5.75 Å². The molecule has 10 heteroatoms. The number of aromatic nitrogens is 4. The van der Waals surface area contributed by atoms with Crippen LogP contribution in [-0.2, 0) is 0 Å². The summed E-state index contributed by atoms with van der Waals surface area (Å²) >= 11 is 3.45. The van der Waals surface area contributed by atoms with E-state index in [1.54, 1.807) is 19.2 Å². The second-order valence-electron chi connectivity index (χ2n) is 6.48. The number of carbonyl (C=O) groups excluding carboxylic acids is 2. The highest BCUT2D eigenvalue weighted by Gasteiger charge is 2.29. The van der Waals surface area contributed by atoms with Crippen molar-refractivity contribution >= 4 is 50.4 Å². The topological polar surface area (TPSA) is 130 Å². The molecule has 0 aliphatic rings. The van der Waals surface area contributed by atoms with Crippen LogP contribution < -0.4 is 15.4 Å². The molecule has 4 rings (SSSR count). The minimum Gasteiger partial charge on any atom is -0.494 e. The molecule has 4 N–H and O–H groups in total. The number of imidazole rings is 2. The molecular weight excluding hydrogens is 452 g/mol. The molecule has 0 atom stereocenters. The Morgan fingerprint density at radius 2 is 2.03 bits per heavy atom. The first-order valence-electron chi connectivity index (χ1n) is 8.87. The molecule has 30 heavy (non-hydrogen) atoms. The highest BCUT2D eigenvalue weighted by Crippen LogP contribution is 2.34. The van der Waals surface area contributed by atoms with Crippen LogP contribution in [0.3, 0.4) is 0 Å². The monoisotopic (exact) mass is 468 g/mol. The number of aromatic amines is 2. The Morgan fingerprint density at radius 3 is 2.77 bits per heavy atom. The normalized spacial score (nSPS) is 10.9. The van der Waals surface area contributed by atoms with Gasteiger partial charge in [-0.05, 0) is 36.8 Å². The van der Waals surface area contributed by atoms with Crippen LogP contribution in [0.25, 0.3) is 11.0 Å². The lowest BCUT2D eigenvalue weighted by atomic mass is 10.1. The molecule has 0 saturated carbocycles. The van der Waals surface area contributed by atoms with Crippen molar-refractivity contribution in [2.75, 3.05) is 12.0 Å². The maximum Gasteiger partial charge on any atom is 0.286 e. The smallest absolute Gasteiger partial charge is 0.286 e. The molecule has 0 unspecified atom stereocenters. The van der Waals surface area contributed by atoms with Gasteiger partial charge in [-0.1, -0.05) is 28.1 Å². The number of benzene rings is 2. The molecule has 2 heterocycles. The third kappa shape index (κ3) is 3.30. The second kappa shape index (κ2) is 7.64. The first-order valence-corrected chi connectivity index (χ1v) is 9.66. The van der Waals surface area contributed by atoms with Crippen molar-refractivity contribution in [3.05, 3.63) is 64.1 Å². The van der Waals surface area contributed by atoms with Gasteiger partial charge in [0.05, 0.1) is 24.6 Å². The molecule has 152 valence electrons. The third-order valence-electron chi connectivity index (χ3n) is 4.60. The van der Waals surface area contributed by atoms with E-state index in [0.717, 1.165) is 10.0 Å². The van der Waals surface area contributed by atoms with Gasteiger partial charge in [0.25, 0.3) is 11.8 Å². The van der Waals surface area contributed by atoms with Crippen molar-refractivity contribution in [2.45, 2.75) is 6.92 Å². The minimum atomic E-state index is -0.784. The Kier molecular flexibility index (Phi) is 5.00. The van der Waals surface area contributed by atoms with E-state index in [2.05, 4.69) is 35.9 Å². The molecule has 0 aliphatic heterocycles. The molecule has 0 spiro atoms. The molecule has 0 saturated heterocycles. The summed E-state index contributed by atoms with van der Waals surface area (Å²) in [5.74, 6) is -0.539. The average Bonchev–Trinajstić information content (AvgIpc) is 3.37. The number of primary amides is 1. The van der Waals surface area contributed by atoms with Crippen LogP contribution in [-0.4, -0.2) is 38.9 Å². The van der Waals surface area contributed by atoms with Crippen molar-refractivity contribution in [3.8, 4) is 5.75 Å². The predicted octanol–water partition coefficient (Wildman–Crippen LogP) is 3.44. The van der Waals surface area contributed by atoms with Crippen molar-refractivity contribution in [3.63, 3.8) is 0 Å². The van der Waals surface area contributed by atoms with Gasteiger partial charge in [0.15, 0.2) is 5.69 Å². The Bertz CT molecular complexity index is 1280. The SMILES string of the molecule is COc1cccc2[nH]c(N(C(=O)c3nc[nH]c3C(N)=O)c3cc(Br)ccc3C)nc12. The molecule has 2 aromatic heterocycles. The lowest BCUT2D eigenvalue weighted by Gasteiger charge is -2.22. The fraction of sp³-hybridized carbons (Fsp3) is 0.100. The predicted molar refractivity (Wildman–Crippen MR) is 115 cm³/mol. The van der Waals surface area contributed by atoms with Crippen molar-refractivity contribution < 1.29 is 14.3 Å². The summed E-state index contributed by atoms with van der Waals surface area (Å²) < 4.78 is 6.15. The number of anilines is 2. The number of aryl methyl sites for hydroxylation is 1. The maximum absolute atomic E-state index is 13.6. The number of carbonyl (C=O) groups is 2. The van der Waals surface area contributed by atoms with Gasteiger partial charge in [0, 0.05) is 4.47 Å². The standard InChI is InChI=1S/C20H17BrN6O3/c1-10-6-7-11(21)8-13(10)27(19(29)17-16(18(22)28)23-9-24-17)20-25-12-4-3-5-14(30-2)15(12)26-20/h3-9H,1-2H3,(H2,22,28)(H,23,24)(H,25,26). The molecule has 0 bridgehead atoms. The first-order chi connectivity index (χ1) is 14.4. The van der Waals surface area contributed by atoms with E-state index in [-0.39, 0.29) is 17.3 Å². The summed E-state index contributed by atoms with van der Waals surface area (Å²) in [5, 5.41) is 0. The van der Waals surface area contributed by atoms with Gasteiger partial charge in [-0.2, -0.15) is 0 Å². The summed E-state index contributed by atoms with van der Waals surface area (Å²) in [4.78, 5) is 41.1. The number of methoxy groups -OCH3 is 1. The number of ether oxygens (including phenoxy) is 1. The molecular formula is C20H17BrN6O3. The zero-order valence-corrected chi connectivity index (χ0v) is 17.6. The Labute approximate surface area is 179 Å². The van der Waals surface area contributed by atoms with Gasteiger partial charge < -0.3 is 20.4 Å². The number of hydrogen-bond acceptors (Lipinski definition) is 5. The maximum atomic E-state index is 13.6. The van der Waals surface area contributed by atoms with Crippen LogP contribution >= 0.6 is 15.9 Å². The Morgan fingerprint density at radius 1 is 1.23 bits per heavy atom. The van der Waals surface area contributed by atoms with E-state index in [9.17, 15) is 9.59 Å². The average molecular weight is 469 g/mol. The van der Waals surface area contributed by atoms with E-state index in [4.69, 9.17) is 10.5 Å². The number of rotatable bonds is 5.